The molecular formula is C14H13NS. The van der Waals surface area contributed by atoms with Gasteiger partial charge in [-0.05, 0) is 48.4 Å². The minimum atomic E-state index is 0.778. The molecule has 1 aromatic carbocycles. The van der Waals surface area contributed by atoms with Gasteiger partial charge in [0.1, 0.15) is 0 Å². The van der Waals surface area contributed by atoms with Crippen LogP contribution in [-0.2, 0) is 12.8 Å². The highest BCUT2D eigenvalue weighted by Gasteiger charge is 2.00. The van der Waals surface area contributed by atoms with Gasteiger partial charge in [-0.2, -0.15) is 5.26 Å². The number of thiophene rings is 1. The molecule has 2 aromatic rings. The summed E-state index contributed by atoms with van der Waals surface area (Å²) in [4.78, 5) is 1.42. The molecule has 2 rings (SSSR count). The van der Waals surface area contributed by atoms with Crippen LogP contribution in [0.15, 0.2) is 35.7 Å². The standard InChI is InChI=1S/C14H13NS/c1-11-9-12(4-6-13(11)10-15)5-7-14-3-2-8-16-14/h2-4,6,8-9H,5,7H2,1H3. The third-order valence-electron chi connectivity index (χ3n) is 2.65. The molecule has 0 fully saturated rings. The number of hydrogen-bond acceptors (Lipinski definition) is 2. The van der Waals surface area contributed by atoms with Crippen LogP contribution in [0.3, 0.4) is 0 Å². The Kier molecular flexibility index (Phi) is 3.38. The summed E-state index contributed by atoms with van der Waals surface area (Å²) < 4.78 is 0. The Balaban J connectivity index is 2.06. The van der Waals surface area contributed by atoms with Crippen molar-refractivity contribution in [1.29, 1.82) is 5.26 Å². The molecule has 0 N–H and O–H groups in total. The lowest BCUT2D eigenvalue weighted by Crippen LogP contribution is -1.91. The van der Waals surface area contributed by atoms with Crippen molar-refractivity contribution in [3.63, 3.8) is 0 Å². The normalized spacial score (nSPS) is 10.0. The first-order valence-electron chi connectivity index (χ1n) is 5.31. The summed E-state index contributed by atoms with van der Waals surface area (Å²) >= 11 is 1.80. The zero-order chi connectivity index (χ0) is 11.4. The van der Waals surface area contributed by atoms with Gasteiger partial charge in [-0.3, -0.25) is 0 Å². The largest absolute Gasteiger partial charge is 0.192 e. The summed E-state index contributed by atoms with van der Waals surface area (Å²) in [6.45, 7) is 1.99. The van der Waals surface area contributed by atoms with Gasteiger partial charge in [0.15, 0.2) is 0 Å². The van der Waals surface area contributed by atoms with Crippen molar-refractivity contribution in [1.82, 2.24) is 0 Å². The van der Waals surface area contributed by atoms with E-state index in [1.807, 2.05) is 13.0 Å². The molecule has 0 atom stereocenters. The Morgan fingerprint density at radius 3 is 2.75 bits per heavy atom. The van der Waals surface area contributed by atoms with Crippen LogP contribution in [0.25, 0.3) is 0 Å². The highest BCUT2D eigenvalue weighted by atomic mass is 32.1. The smallest absolute Gasteiger partial charge is 0.0994 e. The lowest BCUT2D eigenvalue weighted by Gasteiger charge is -2.03. The van der Waals surface area contributed by atoms with Crippen LogP contribution in [-0.4, -0.2) is 0 Å². The van der Waals surface area contributed by atoms with Gasteiger partial charge in [0.05, 0.1) is 11.6 Å². The Morgan fingerprint density at radius 2 is 2.12 bits per heavy atom. The highest BCUT2D eigenvalue weighted by Crippen LogP contribution is 2.15. The van der Waals surface area contributed by atoms with E-state index >= 15 is 0 Å². The van der Waals surface area contributed by atoms with E-state index in [-0.39, 0.29) is 0 Å². The van der Waals surface area contributed by atoms with Crippen molar-refractivity contribution in [3.05, 3.63) is 57.3 Å². The van der Waals surface area contributed by atoms with Crippen LogP contribution < -0.4 is 0 Å². The lowest BCUT2D eigenvalue weighted by atomic mass is 10.0. The monoisotopic (exact) mass is 227 g/mol. The minimum absolute atomic E-state index is 0.778. The predicted molar refractivity (Wildman–Crippen MR) is 67.6 cm³/mol. The molecule has 0 saturated carbocycles. The van der Waals surface area contributed by atoms with Gasteiger partial charge in [0, 0.05) is 4.88 Å². The Labute approximate surface area is 100.0 Å². The highest BCUT2D eigenvalue weighted by molar-refractivity contribution is 7.09. The predicted octanol–water partition coefficient (Wildman–Crippen LogP) is 3.71. The zero-order valence-electron chi connectivity index (χ0n) is 9.23. The van der Waals surface area contributed by atoms with E-state index in [0.717, 1.165) is 24.0 Å². The van der Waals surface area contributed by atoms with Crippen molar-refractivity contribution in [2.75, 3.05) is 0 Å². The van der Waals surface area contributed by atoms with E-state index in [1.165, 1.54) is 10.4 Å². The summed E-state index contributed by atoms with van der Waals surface area (Å²) in [6.07, 6.45) is 2.13. The van der Waals surface area contributed by atoms with E-state index in [2.05, 4.69) is 35.7 Å². The second kappa shape index (κ2) is 4.96. The van der Waals surface area contributed by atoms with E-state index in [4.69, 9.17) is 5.26 Å². The van der Waals surface area contributed by atoms with Crippen molar-refractivity contribution < 1.29 is 0 Å². The molecule has 0 aliphatic heterocycles. The molecule has 0 spiro atoms. The fourth-order valence-corrected chi connectivity index (χ4v) is 2.44. The summed E-state index contributed by atoms with van der Waals surface area (Å²) in [7, 11) is 0. The summed E-state index contributed by atoms with van der Waals surface area (Å²) in [5, 5.41) is 11.0. The number of benzene rings is 1. The van der Waals surface area contributed by atoms with Gasteiger partial charge in [0.2, 0.25) is 0 Å². The molecule has 0 radical (unpaired) electrons. The van der Waals surface area contributed by atoms with E-state index in [1.54, 1.807) is 11.3 Å². The molecule has 0 amide bonds. The van der Waals surface area contributed by atoms with Gasteiger partial charge < -0.3 is 0 Å². The average molecular weight is 227 g/mol. The van der Waals surface area contributed by atoms with Crippen LogP contribution in [0.2, 0.25) is 0 Å². The summed E-state index contributed by atoms with van der Waals surface area (Å²) in [6, 6.07) is 12.5. The number of nitriles is 1. The number of hydrogen-bond donors (Lipinski definition) is 0. The van der Waals surface area contributed by atoms with E-state index < -0.39 is 0 Å². The zero-order valence-corrected chi connectivity index (χ0v) is 10.1. The Morgan fingerprint density at radius 1 is 1.25 bits per heavy atom. The quantitative estimate of drug-likeness (QED) is 0.784. The molecule has 80 valence electrons. The van der Waals surface area contributed by atoms with Crippen molar-refractivity contribution in [2.45, 2.75) is 19.8 Å². The van der Waals surface area contributed by atoms with Crippen molar-refractivity contribution in [3.8, 4) is 6.07 Å². The Hall–Kier alpha value is -1.59. The number of aryl methyl sites for hydroxylation is 3. The summed E-state index contributed by atoms with van der Waals surface area (Å²) in [5.41, 5.74) is 3.16. The van der Waals surface area contributed by atoms with Crippen LogP contribution in [0.5, 0.6) is 0 Å². The molecular weight excluding hydrogens is 214 g/mol. The van der Waals surface area contributed by atoms with Crippen LogP contribution >= 0.6 is 11.3 Å². The van der Waals surface area contributed by atoms with E-state index in [9.17, 15) is 0 Å². The molecule has 1 heterocycles. The fourth-order valence-electron chi connectivity index (χ4n) is 1.73. The molecule has 0 bridgehead atoms. The number of nitrogens with zero attached hydrogens (tertiary/aromatic N) is 1. The van der Waals surface area contributed by atoms with Gasteiger partial charge in [0.25, 0.3) is 0 Å². The average Bonchev–Trinajstić information content (AvgIpc) is 2.79. The first-order chi connectivity index (χ1) is 7.79. The third kappa shape index (κ3) is 2.50. The van der Waals surface area contributed by atoms with E-state index in [0.29, 0.717) is 0 Å². The molecule has 0 unspecified atom stereocenters. The van der Waals surface area contributed by atoms with Gasteiger partial charge in [-0.15, -0.1) is 11.3 Å². The van der Waals surface area contributed by atoms with Gasteiger partial charge >= 0.3 is 0 Å². The molecule has 1 aromatic heterocycles. The topological polar surface area (TPSA) is 23.8 Å². The first kappa shape index (κ1) is 10.9. The molecule has 2 heteroatoms. The minimum Gasteiger partial charge on any atom is -0.192 e. The van der Waals surface area contributed by atoms with Crippen LogP contribution in [0.1, 0.15) is 21.6 Å². The molecule has 16 heavy (non-hydrogen) atoms. The SMILES string of the molecule is Cc1cc(CCc2cccs2)ccc1C#N. The fraction of sp³-hybridized carbons (Fsp3) is 0.214. The first-order valence-corrected chi connectivity index (χ1v) is 6.19. The molecule has 0 aliphatic rings. The molecule has 0 aliphatic carbocycles. The maximum atomic E-state index is 8.84. The molecule has 0 saturated heterocycles. The maximum absolute atomic E-state index is 8.84. The van der Waals surface area contributed by atoms with Crippen molar-refractivity contribution in [2.24, 2.45) is 0 Å². The van der Waals surface area contributed by atoms with Crippen LogP contribution in [0.4, 0.5) is 0 Å². The lowest BCUT2D eigenvalue weighted by molar-refractivity contribution is 0.978. The van der Waals surface area contributed by atoms with Crippen molar-refractivity contribution >= 4 is 11.3 Å². The maximum Gasteiger partial charge on any atom is 0.0994 e. The second-order valence-corrected chi connectivity index (χ2v) is 4.87. The summed E-state index contributed by atoms with van der Waals surface area (Å²) in [5.74, 6) is 0. The molecule has 1 nitrogen and oxygen atoms in total. The Bertz CT molecular complexity index is 506. The van der Waals surface area contributed by atoms with Gasteiger partial charge in [-0.25, -0.2) is 0 Å². The third-order valence-corrected chi connectivity index (χ3v) is 3.59. The number of rotatable bonds is 3. The van der Waals surface area contributed by atoms with Gasteiger partial charge in [-0.1, -0.05) is 18.2 Å². The second-order valence-electron chi connectivity index (χ2n) is 3.84. The van der Waals surface area contributed by atoms with Crippen LogP contribution in [0, 0.1) is 18.3 Å².